The molecule has 1 heterocycles. The Bertz CT molecular complexity index is 923. The van der Waals surface area contributed by atoms with Crippen LogP contribution in [0.25, 0.3) is 11.4 Å². The van der Waals surface area contributed by atoms with E-state index in [2.05, 4.69) is 34.6 Å². The first-order valence-electron chi connectivity index (χ1n) is 9.23. The van der Waals surface area contributed by atoms with Crippen LogP contribution >= 0.6 is 11.8 Å². The van der Waals surface area contributed by atoms with Crippen molar-refractivity contribution in [1.29, 1.82) is 0 Å². The third-order valence-corrected chi connectivity index (χ3v) is 5.35. The van der Waals surface area contributed by atoms with Gasteiger partial charge in [-0.05, 0) is 54.8 Å². The second-order valence-electron chi connectivity index (χ2n) is 6.51. The number of rotatable bonds is 8. The summed E-state index contributed by atoms with van der Waals surface area (Å²) >= 11 is 1.31. The molecule has 0 atom stereocenters. The topological polar surface area (TPSA) is 59.8 Å². The zero-order chi connectivity index (χ0) is 19.9. The Morgan fingerprint density at radius 2 is 1.82 bits per heavy atom. The fraction of sp³-hybridized carbons (Fsp3) is 0.286. The van der Waals surface area contributed by atoms with E-state index in [0.29, 0.717) is 11.0 Å². The standard InChI is InChI=1S/C21H23FN4OS/c1-3-4-5-15-6-12-18(13-7-15)23-19(27)14-28-21-25-24-20(26(21)2)16-8-10-17(22)11-9-16/h6-13H,3-5,14H2,1-2H3,(H,23,27). The van der Waals surface area contributed by atoms with Gasteiger partial charge in [0.15, 0.2) is 11.0 Å². The van der Waals surface area contributed by atoms with Crippen molar-refractivity contribution in [2.24, 2.45) is 7.05 Å². The maximum absolute atomic E-state index is 13.1. The lowest BCUT2D eigenvalue weighted by Gasteiger charge is -2.07. The molecule has 0 aliphatic rings. The summed E-state index contributed by atoms with van der Waals surface area (Å²) in [6, 6.07) is 14.1. The van der Waals surface area contributed by atoms with E-state index in [4.69, 9.17) is 0 Å². The molecule has 0 fully saturated rings. The predicted octanol–water partition coefficient (Wildman–Crippen LogP) is 4.69. The van der Waals surface area contributed by atoms with Gasteiger partial charge in [0.2, 0.25) is 5.91 Å². The monoisotopic (exact) mass is 398 g/mol. The first-order chi connectivity index (χ1) is 13.6. The minimum atomic E-state index is -0.296. The number of carbonyl (C=O) groups excluding carboxylic acids is 1. The molecule has 5 nitrogen and oxygen atoms in total. The third-order valence-electron chi connectivity index (χ3n) is 4.33. The molecule has 0 aliphatic carbocycles. The van der Waals surface area contributed by atoms with Gasteiger partial charge in [0.1, 0.15) is 5.82 Å². The van der Waals surface area contributed by atoms with Crippen molar-refractivity contribution < 1.29 is 9.18 Å². The zero-order valence-corrected chi connectivity index (χ0v) is 16.8. The number of halogens is 1. The minimum Gasteiger partial charge on any atom is -0.325 e. The number of nitrogens with zero attached hydrogens (tertiary/aromatic N) is 3. The van der Waals surface area contributed by atoms with Gasteiger partial charge in [-0.1, -0.05) is 37.2 Å². The smallest absolute Gasteiger partial charge is 0.234 e. The number of hydrogen-bond donors (Lipinski definition) is 1. The van der Waals surface area contributed by atoms with Crippen molar-refractivity contribution in [3.63, 3.8) is 0 Å². The van der Waals surface area contributed by atoms with E-state index in [-0.39, 0.29) is 17.5 Å². The van der Waals surface area contributed by atoms with E-state index in [9.17, 15) is 9.18 Å². The molecule has 28 heavy (non-hydrogen) atoms. The molecule has 3 aromatic rings. The zero-order valence-electron chi connectivity index (χ0n) is 16.0. The number of benzene rings is 2. The molecule has 7 heteroatoms. The van der Waals surface area contributed by atoms with Gasteiger partial charge in [0, 0.05) is 18.3 Å². The third kappa shape index (κ3) is 5.19. The molecule has 2 aromatic carbocycles. The summed E-state index contributed by atoms with van der Waals surface area (Å²) in [5.41, 5.74) is 2.84. The van der Waals surface area contributed by atoms with Gasteiger partial charge in [-0.3, -0.25) is 4.79 Å². The van der Waals surface area contributed by atoms with Gasteiger partial charge >= 0.3 is 0 Å². The van der Waals surface area contributed by atoms with Crippen LogP contribution < -0.4 is 5.32 Å². The number of unbranched alkanes of at least 4 members (excludes halogenated alkanes) is 1. The number of amides is 1. The summed E-state index contributed by atoms with van der Waals surface area (Å²) < 4.78 is 14.9. The minimum absolute atomic E-state index is 0.0994. The van der Waals surface area contributed by atoms with Crippen molar-refractivity contribution in [2.45, 2.75) is 31.3 Å². The van der Waals surface area contributed by atoms with Gasteiger partial charge in [0.05, 0.1) is 5.75 Å². The number of carbonyl (C=O) groups is 1. The van der Waals surface area contributed by atoms with E-state index >= 15 is 0 Å². The van der Waals surface area contributed by atoms with Crippen molar-refractivity contribution >= 4 is 23.4 Å². The van der Waals surface area contributed by atoms with Crippen molar-refractivity contribution in [3.05, 3.63) is 59.9 Å². The molecule has 0 spiro atoms. The van der Waals surface area contributed by atoms with Gasteiger partial charge < -0.3 is 9.88 Å². The molecular weight excluding hydrogens is 375 g/mol. The molecule has 0 radical (unpaired) electrons. The quantitative estimate of drug-likeness (QED) is 0.559. The van der Waals surface area contributed by atoms with Crippen LogP contribution in [0.4, 0.5) is 10.1 Å². The average Bonchev–Trinajstić information content (AvgIpc) is 3.07. The molecule has 0 unspecified atom stereocenters. The molecule has 3 rings (SSSR count). The molecule has 1 amide bonds. The van der Waals surface area contributed by atoms with Gasteiger partial charge in [-0.2, -0.15) is 0 Å². The number of aryl methyl sites for hydroxylation is 1. The van der Waals surface area contributed by atoms with Crippen molar-refractivity contribution in [1.82, 2.24) is 14.8 Å². The van der Waals surface area contributed by atoms with Crippen LogP contribution in [0.3, 0.4) is 0 Å². The Labute approximate surface area is 168 Å². The molecule has 0 saturated carbocycles. The van der Waals surface area contributed by atoms with E-state index < -0.39 is 0 Å². The summed E-state index contributed by atoms with van der Waals surface area (Å²) in [6.07, 6.45) is 3.39. The van der Waals surface area contributed by atoms with Crippen LogP contribution in [0.2, 0.25) is 0 Å². The molecule has 0 aliphatic heterocycles. The Kier molecular flexibility index (Phi) is 6.81. The van der Waals surface area contributed by atoms with E-state index in [1.54, 1.807) is 16.7 Å². The Hall–Kier alpha value is -2.67. The van der Waals surface area contributed by atoms with Gasteiger partial charge in [0.25, 0.3) is 0 Å². The number of anilines is 1. The second-order valence-corrected chi connectivity index (χ2v) is 7.45. The van der Waals surface area contributed by atoms with Crippen LogP contribution in [-0.4, -0.2) is 26.4 Å². The van der Waals surface area contributed by atoms with Crippen LogP contribution in [0.1, 0.15) is 25.3 Å². The summed E-state index contributed by atoms with van der Waals surface area (Å²) in [5, 5.41) is 11.8. The summed E-state index contributed by atoms with van der Waals surface area (Å²) in [6.45, 7) is 2.17. The molecular formula is C21H23FN4OS. The summed E-state index contributed by atoms with van der Waals surface area (Å²) in [4.78, 5) is 12.2. The fourth-order valence-corrected chi connectivity index (χ4v) is 3.46. The van der Waals surface area contributed by atoms with Crippen LogP contribution in [0.5, 0.6) is 0 Å². The van der Waals surface area contributed by atoms with Gasteiger partial charge in [-0.25, -0.2) is 4.39 Å². The van der Waals surface area contributed by atoms with Crippen molar-refractivity contribution in [2.75, 3.05) is 11.1 Å². The first kappa shape index (κ1) is 20.1. The largest absolute Gasteiger partial charge is 0.325 e. The number of aromatic nitrogens is 3. The highest BCUT2D eigenvalue weighted by Crippen LogP contribution is 2.23. The van der Waals surface area contributed by atoms with E-state index in [1.165, 1.54) is 42.3 Å². The lowest BCUT2D eigenvalue weighted by molar-refractivity contribution is -0.113. The maximum atomic E-state index is 13.1. The fourth-order valence-electron chi connectivity index (χ4n) is 2.75. The molecule has 0 bridgehead atoms. The highest BCUT2D eigenvalue weighted by molar-refractivity contribution is 7.99. The maximum Gasteiger partial charge on any atom is 0.234 e. The van der Waals surface area contributed by atoms with E-state index in [1.807, 2.05) is 19.2 Å². The Morgan fingerprint density at radius 1 is 1.11 bits per heavy atom. The number of nitrogens with one attached hydrogen (secondary N) is 1. The predicted molar refractivity (Wildman–Crippen MR) is 111 cm³/mol. The Morgan fingerprint density at radius 3 is 2.50 bits per heavy atom. The number of thioether (sulfide) groups is 1. The SMILES string of the molecule is CCCCc1ccc(NC(=O)CSc2nnc(-c3ccc(F)cc3)n2C)cc1. The average molecular weight is 399 g/mol. The first-order valence-corrected chi connectivity index (χ1v) is 10.2. The Balaban J connectivity index is 1.55. The van der Waals surface area contributed by atoms with Crippen molar-refractivity contribution in [3.8, 4) is 11.4 Å². The van der Waals surface area contributed by atoms with Gasteiger partial charge in [-0.15, -0.1) is 10.2 Å². The molecule has 1 aromatic heterocycles. The highest BCUT2D eigenvalue weighted by Gasteiger charge is 2.13. The summed E-state index contributed by atoms with van der Waals surface area (Å²) in [5.74, 6) is 0.464. The van der Waals surface area contributed by atoms with Crippen LogP contribution in [0.15, 0.2) is 53.7 Å². The normalized spacial score (nSPS) is 10.8. The van der Waals surface area contributed by atoms with Crippen LogP contribution in [-0.2, 0) is 18.3 Å². The molecule has 146 valence electrons. The lowest BCUT2D eigenvalue weighted by Crippen LogP contribution is -2.14. The highest BCUT2D eigenvalue weighted by atomic mass is 32.2. The van der Waals surface area contributed by atoms with E-state index in [0.717, 1.165) is 17.7 Å². The van der Waals surface area contributed by atoms with Crippen LogP contribution in [0, 0.1) is 5.82 Å². The second kappa shape index (κ2) is 9.50. The number of hydrogen-bond acceptors (Lipinski definition) is 4. The summed E-state index contributed by atoms with van der Waals surface area (Å²) in [7, 11) is 1.83. The molecule has 1 N–H and O–H groups in total. The lowest BCUT2D eigenvalue weighted by atomic mass is 10.1. The molecule has 0 saturated heterocycles.